The summed E-state index contributed by atoms with van der Waals surface area (Å²) in [5, 5.41) is 1.68. The maximum atomic E-state index is 13.7. The Morgan fingerprint density at radius 1 is 1.05 bits per heavy atom. The summed E-state index contributed by atoms with van der Waals surface area (Å²) >= 11 is 16.6. The number of rotatable bonds is 5. The van der Waals surface area contributed by atoms with E-state index in [-0.39, 0.29) is 16.3 Å². The summed E-state index contributed by atoms with van der Waals surface area (Å²) in [5.41, 5.74) is 1.95. The van der Waals surface area contributed by atoms with Crippen molar-refractivity contribution in [1.82, 2.24) is 0 Å². The third-order valence-corrected chi connectivity index (χ3v) is 6.63. The molecule has 0 aliphatic heterocycles. The summed E-state index contributed by atoms with van der Waals surface area (Å²) in [6.45, 7) is 0. The van der Waals surface area contributed by atoms with Gasteiger partial charge in [0.05, 0.1) is 5.02 Å². The van der Waals surface area contributed by atoms with Gasteiger partial charge in [-0.2, -0.15) is 0 Å². The van der Waals surface area contributed by atoms with Gasteiger partial charge in [0.15, 0.2) is 0 Å². The largest absolute Gasteiger partial charge is 0.205 e. The normalized spacial score (nSPS) is 11.7. The first kappa shape index (κ1) is 17.5. The van der Waals surface area contributed by atoms with E-state index in [0.29, 0.717) is 6.42 Å². The number of hydrogen-bond acceptors (Lipinski definition) is 0. The van der Waals surface area contributed by atoms with Crippen molar-refractivity contribution in [2.24, 2.45) is 0 Å². The first-order chi connectivity index (χ1) is 10.0. The van der Waals surface area contributed by atoms with Crippen molar-refractivity contribution in [3.05, 3.63) is 68.9 Å². The number of hydrogen-bond donors (Lipinski definition) is 0. The van der Waals surface area contributed by atoms with Crippen LogP contribution in [0, 0.1) is 5.82 Å². The van der Waals surface area contributed by atoms with Gasteiger partial charge in [0, 0.05) is 20.5 Å². The molecule has 0 saturated carbocycles. The molecular formula is C16H13Br3ClF. The number of benzene rings is 2. The molecule has 0 N–H and O–H groups in total. The zero-order valence-electron chi connectivity index (χ0n) is 11.1. The topological polar surface area (TPSA) is 0 Å². The van der Waals surface area contributed by atoms with Gasteiger partial charge in [-0.1, -0.05) is 83.7 Å². The Morgan fingerprint density at radius 3 is 2.29 bits per heavy atom. The van der Waals surface area contributed by atoms with E-state index in [2.05, 4.69) is 53.9 Å². The Bertz CT molecular complexity index is 627. The Balaban J connectivity index is 2.43. The average molecular weight is 499 g/mol. The van der Waals surface area contributed by atoms with E-state index in [0.717, 1.165) is 20.7 Å². The molecule has 0 radical (unpaired) electrons. The monoisotopic (exact) mass is 496 g/mol. The molecule has 2 rings (SSSR count). The van der Waals surface area contributed by atoms with Crippen LogP contribution >= 0.6 is 59.4 Å². The van der Waals surface area contributed by atoms with Gasteiger partial charge in [0.25, 0.3) is 0 Å². The molecular weight excluding hydrogens is 486 g/mol. The molecule has 0 nitrogen and oxygen atoms in total. The highest BCUT2D eigenvalue weighted by Gasteiger charge is 2.32. The van der Waals surface area contributed by atoms with E-state index in [4.69, 9.17) is 11.6 Å². The van der Waals surface area contributed by atoms with E-state index in [1.807, 2.05) is 24.3 Å². The quantitative estimate of drug-likeness (QED) is 0.412. The van der Waals surface area contributed by atoms with Crippen molar-refractivity contribution in [2.75, 3.05) is 10.7 Å². The lowest BCUT2D eigenvalue weighted by molar-refractivity contribution is 0.544. The zero-order chi connectivity index (χ0) is 15.5. The molecule has 0 saturated heterocycles. The van der Waals surface area contributed by atoms with E-state index in [9.17, 15) is 4.39 Å². The van der Waals surface area contributed by atoms with Gasteiger partial charge in [0.2, 0.25) is 0 Å². The van der Waals surface area contributed by atoms with Gasteiger partial charge in [-0.25, -0.2) is 4.39 Å². The minimum absolute atomic E-state index is 0.155. The highest BCUT2D eigenvalue weighted by Crippen LogP contribution is 2.37. The second kappa shape index (κ2) is 7.58. The van der Waals surface area contributed by atoms with E-state index < -0.39 is 0 Å². The van der Waals surface area contributed by atoms with Crippen LogP contribution in [0.25, 0.3) is 0 Å². The molecule has 0 heterocycles. The predicted molar refractivity (Wildman–Crippen MR) is 98.5 cm³/mol. The smallest absolute Gasteiger partial charge is 0.142 e. The fourth-order valence-electron chi connectivity index (χ4n) is 2.30. The average Bonchev–Trinajstić information content (AvgIpc) is 2.49. The molecule has 0 fully saturated rings. The van der Waals surface area contributed by atoms with Crippen molar-refractivity contribution in [3.8, 4) is 0 Å². The Labute approximate surface area is 154 Å². The molecule has 5 heteroatoms. The van der Waals surface area contributed by atoms with E-state index in [1.54, 1.807) is 6.07 Å². The molecule has 0 bridgehead atoms. The van der Waals surface area contributed by atoms with Crippen LogP contribution in [-0.2, 0) is 11.8 Å². The highest BCUT2D eigenvalue weighted by molar-refractivity contribution is 9.10. The van der Waals surface area contributed by atoms with Crippen LogP contribution < -0.4 is 0 Å². The third-order valence-electron chi connectivity index (χ3n) is 3.48. The lowest BCUT2D eigenvalue weighted by Gasteiger charge is -2.32. The Hall–Kier alpha value is 0.1000. The fourth-order valence-corrected chi connectivity index (χ4v) is 5.05. The van der Waals surface area contributed by atoms with Crippen molar-refractivity contribution in [3.63, 3.8) is 0 Å². The molecule has 0 unspecified atom stereocenters. The van der Waals surface area contributed by atoms with Crippen molar-refractivity contribution < 1.29 is 4.39 Å². The summed E-state index contributed by atoms with van der Waals surface area (Å²) < 4.78 is 14.7. The molecule has 112 valence electrons. The first-order valence-corrected chi connectivity index (χ1v) is 9.74. The fraction of sp³-hybridized carbons (Fsp3) is 0.250. The second-order valence-electron chi connectivity index (χ2n) is 4.95. The Morgan fingerprint density at radius 2 is 1.71 bits per heavy atom. The predicted octanol–water partition coefficient (Wildman–Crippen LogP) is 6.51. The lowest BCUT2D eigenvalue weighted by Crippen LogP contribution is -2.33. The van der Waals surface area contributed by atoms with Gasteiger partial charge in [-0.15, -0.1) is 0 Å². The van der Waals surface area contributed by atoms with E-state index in [1.165, 1.54) is 11.6 Å². The number of alkyl halides is 2. The SMILES string of the molecule is Fc1cc(CC(CBr)(CBr)c2ccccc2Br)ccc1Cl. The molecule has 21 heavy (non-hydrogen) atoms. The van der Waals surface area contributed by atoms with Gasteiger partial charge in [-0.3, -0.25) is 0 Å². The molecule has 0 spiro atoms. The molecule has 0 atom stereocenters. The summed E-state index contributed by atoms with van der Waals surface area (Å²) in [6, 6.07) is 13.1. The molecule has 0 aromatic heterocycles. The highest BCUT2D eigenvalue weighted by atomic mass is 79.9. The lowest BCUT2D eigenvalue weighted by atomic mass is 9.79. The summed E-state index contributed by atoms with van der Waals surface area (Å²) in [4.78, 5) is 0. The van der Waals surface area contributed by atoms with Crippen LogP contribution in [0.1, 0.15) is 11.1 Å². The molecule has 2 aromatic rings. The minimum Gasteiger partial charge on any atom is -0.205 e. The van der Waals surface area contributed by atoms with Gasteiger partial charge >= 0.3 is 0 Å². The van der Waals surface area contributed by atoms with Crippen LogP contribution in [0.3, 0.4) is 0 Å². The van der Waals surface area contributed by atoms with Gasteiger partial charge in [-0.05, 0) is 35.7 Å². The van der Waals surface area contributed by atoms with Crippen molar-refractivity contribution in [2.45, 2.75) is 11.8 Å². The molecule has 2 aromatic carbocycles. The van der Waals surface area contributed by atoms with Crippen molar-refractivity contribution in [1.29, 1.82) is 0 Å². The maximum Gasteiger partial charge on any atom is 0.142 e. The summed E-state index contributed by atoms with van der Waals surface area (Å²) in [6.07, 6.45) is 0.709. The summed E-state index contributed by atoms with van der Waals surface area (Å²) in [5.74, 6) is -0.376. The second-order valence-corrected chi connectivity index (χ2v) is 7.34. The molecule has 0 aliphatic rings. The standard InChI is InChI=1S/C16H13Br3ClF/c17-9-16(10-18,12-3-1-2-4-13(12)19)8-11-5-6-14(20)15(21)7-11/h1-7H,8-10H2. The van der Waals surface area contributed by atoms with Gasteiger partial charge in [0.1, 0.15) is 5.82 Å². The van der Waals surface area contributed by atoms with Crippen LogP contribution in [-0.4, -0.2) is 10.7 Å². The number of halogens is 5. The summed E-state index contributed by atoms with van der Waals surface area (Å²) in [7, 11) is 0. The molecule has 0 amide bonds. The van der Waals surface area contributed by atoms with E-state index >= 15 is 0 Å². The molecule has 0 aliphatic carbocycles. The van der Waals surface area contributed by atoms with Crippen LogP contribution in [0.4, 0.5) is 4.39 Å². The van der Waals surface area contributed by atoms with Crippen molar-refractivity contribution >= 4 is 59.4 Å². The van der Waals surface area contributed by atoms with Crippen LogP contribution in [0.2, 0.25) is 5.02 Å². The Kier molecular flexibility index (Phi) is 6.30. The van der Waals surface area contributed by atoms with Gasteiger partial charge < -0.3 is 0 Å². The third kappa shape index (κ3) is 3.90. The van der Waals surface area contributed by atoms with Crippen LogP contribution in [0.5, 0.6) is 0 Å². The zero-order valence-corrected chi connectivity index (χ0v) is 16.6. The maximum absolute atomic E-state index is 13.7. The van der Waals surface area contributed by atoms with Crippen LogP contribution in [0.15, 0.2) is 46.9 Å². The first-order valence-electron chi connectivity index (χ1n) is 6.33. The minimum atomic E-state index is -0.376.